The van der Waals surface area contributed by atoms with Crippen molar-refractivity contribution in [3.63, 3.8) is 0 Å². The van der Waals surface area contributed by atoms with Crippen LogP contribution in [0, 0.1) is 6.92 Å². The minimum atomic E-state index is -4.65. The fourth-order valence-electron chi connectivity index (χ4n) is 0.908. The predicted octanol–water partition coefficient (Wildman–Crippen LogP) is 3.34. The van der Waals surface area contributed by atoms with Crippen molar-refractivity contribution in [1.82, 2.24) is 0 Å². The third-order valence-corrected chi connectivity index (χ3v) is 1.46. The molecule has 2 nitrogen and oxygen atoms in total. The maximum absolute atomic E-state index is 11.8. The number of allylic oxidation sites excluding steroid dienone is 1. The molecule has 0 saturated carbocycles. The van der Waals surface area contributed by atoms with E-state index in [0.717, 1.165) is 0 Å². The van der Waals surface area contributed by atoms with E-state index in [2.05, 4.69) is 17.0 Å². The van der Waals surface area contributed by atoms with Gasteiger partial charge in [-0.15, -0.1) is 13.2 Å². The Kier molecular flexibility index (Phi) is 3.60. The average Bonchev–Trinajstić information content (AvgIpc) is 2.14. The normalized spacial score (nSPS) is 11.7. The Morgan fingerprint density at radius 2 is 1.80 bits per heavy atom. The van der Waals surface area contributed by atoms with E-state index in [-0.39, 0.29) is 5.75 Å². The lowest BCUT2D eigenvalue weighted by atomic mass is 10.3. The Morgan fingerprint density at radius 3 is 2.27 bits per heavy atom. The molecule has 0 aromatic heterocycles. The van der Waals surface area contributed by atoms with Crippen LogP contribution in [0.2, 0.25) is 0 Å². The third-order valence-electron chi connectivity index (χ3n) is 1.46. The van der Waals surface area contributed by atoms with Crippen LogP contribution in [-0.4, -0.2) is 6.36 Å². The van der Waals surface area contributed by atoms with Crippen molar-refractivity contribution >= 4 is 5.69 Å². The number of anilines is 1. The van der Waals surface area contributed by atoms with Crippen molar-refractivity contribution in [2.24, 2.45) is 0 Å². The molecule has 1 rings (SSSR count). The number of alkyl halides is 3. The van der Waals surface area contributed by atoms with E-state index in [0.29, 0.717) is 5.69 Å². The second kappa shape index (κ2) is 4.72. The van der Waals surface area contributed by atoms with Crippen LogP contribution in [0.25, 0.3) is 0 Å². The number of halogens is 3. The molecule has 81 valence electrons. The van der Waals surface area contributed by atoms with Gasteiger partial charge in [-0.1, -0.05) is 6.08 Å². The summed E-state index contributed by atoms with van der Waals surface area (Å²) < 4.78 is 39.1. The molecule has 0 unspecified atom stereocenters. The monoisotopic (exact) mass is 216 g/mol. The molecule has 0 fully saturated rings. The second-order valence-electron chi connectivity index (χ2n) is 2.62. The first-order chi connectivity index (χ1) is 7.01. The van der Waals surface area contributed by atoms with Crippen LogP contribution in [0.15, 0.2) is 36.5 Å². The molecular weight excluding hydrogens is 207 g/mol. The molecule has 0 amide bonds. The molecule has 1 radical (unpaired) electrons. The van der Waals surface area contributed by atoms with E-state index in [1.54, 1.807) is 6.20 Å². The Morgan fingerprint density at radius 1 is 1.20 bits per heavy atom. The Hall–Kier alpha value is -1.65. The number of rotatable bonds is 3. The highest BCUT2D eigenvalue weighted by Gasteiger charge is 2.30. The lowest BCUT2D eigenvalue weighted by Gasteiger charge is -2.09. The largest absolute Gasteiger partial charge is 0.573 e. The van der Waals surface area contributed by atoms with Gasteiger partial charge in [0.05, 0.1) is 0 Å². The molecule has 5 heteroatoms. The molecule has 0 bridgehead atoms. The summed E-state index contributed by atoms with van der Waals surface area (Å²) in [6, 6.07) is 5.40. The van der Waals surface area contributed by atoms with Gasteiger partial charge < -0.3 is 10.1 Å². The van der Waals surface area contributed by atoms with Crippen LogP contribution in [0.5, 0.6) is 5.75 Å². The Bertz CT molecular complexity index is 330. The van der Waals surface area contributed by atoms with Gasteiger partial charge >= 0.3 is 6.36 Å². The number of benzene rings is 1. The highest BCUT2D eigenvalue weighted by atomic mass is 19.4. The van der Waals surface area contributed by atoms with E-state index in [1.807, 2.05) is 0 Å². The second-order valence-corrected chi connectivity index (χ2v) is 2.62. The van der Waals surface area contributed by atoms with Crippen molar-refractivity contribution in [2.75, 3.05) is 5.32 Å². The van der Waals surface area contributed by atoms with Crippen molar-refractivity contribution in [1.29, 1.82) is 0 Å². The third kappa shape index (κ3) is 4.39. The SMILES string of the molecule is [CH2]/C=C/Nc1ccc(OC(F)(F)F)cc1. The van der Waals surface area contributed by atoms with Gasteiger partial charge in [0.1, 0.15) is 5.75 Å². The summed E-state index contributed by atoms with van der Waals surface area (Å²) in [7, 11) is 0. The Labute approximate surface area is 85.4 Å². The molecule has 1 aromatic rings. The fraction of sp³-hybridized carbons (Fsp3) is 0.100. The van der Waals surface area contributed by atoms with Crippen LogP contribution >= 0.6 is 0 Å². The van der Waals surface area contributed by atoms with E-state index in [4.69, 9.17) is 0 Å². The topological polar surface area (TPSA) is 21.3 Å². The first-order valence-electron chi connectivity index (χ1n) is 4.08. The molecule has 0 atom stereocenters. The summed E-state index contributed by atoms with van der Waals surface area (Å²) >= 11 is 0. The molecule has 15 heavy (non-hydrogen) atoms. The number of nitrogens with one attached hydrogen (secondary N) is 1. The van der Waals surface area contributed by atoms with Gasteiger partial charge in [0.2, 0.25) is 0 Å². The van der Waals surface area contributed by atoms with Crippen molar-refractivity contribution in [3.05, 3.63) is 43.5 Å². The maximum atomic E-state index is 11.8. The van der Waals surface area contributed by atoms with Gasteiger partial charge in [-0.2, -0.15) is 0 Å². The standard InChI is InChI=1S/C10H9F3NO/c1-2-7-14-8-3-5-9(6-4-8)15-10(11,12)13/h2-7,14H,1H2/b7-2+. The summed E-state index contributed by atoms with van der Waals surface area (Å²) in [5.41, 5.74) is 0.657. The quantitative estimate of drug-likeness (QED) is 0.836. The van der Waals surface area contributed by atoms with Crippen molar-refractivity contribution < 1.29 is 17.9 Å². The highest BCUT2D eigenvalue weighted by Crippen LogP contribution is 2.23. The average molecular weight is 216 g/mol. The molecule has 1 N–H and O–H groups in total. The maximum Gasteiger partial charge on any atom is 0.573 e. The van der Waals surface area contributed by atoms with E-state index >= 15 is 0 Å². The molecule has 0 aliphatic carbocycles. The number of hydrogen-bond acceptors (Lipinski definition) is 2. The molecule has 0 saturated heterocycles. The molecule has 0 aliphatic rings. The zero-order valence-corrected chi connectivity index (χ0v) is 7.71. The van der Waals surface area contributed by atoms with E-state index in [1.165, 1.54) is 30.3 Å². The zero-order valence-electron chi connectivity index (χ0n) is 7.71. The van der Waals surface area contributed by atoms with E-state index in [9.17, 15) is 13.2 Å². The number of hydrogen-bond donors (Lipinski definition) is 1. The lowest BCUT2D eigenvalue weighted by molar-refractivity contribution is -0.274. The summed E-state index contributed by atoms with van der Waals surface area (Å²) in [6.45, 7) is 3.45. The summed E-state index contributed by atoms with van der Waals surface area (Å²) in [5, 5.41) is 2.80. The van der Waals surface area contributed by atoms with Gasteiger partial charge in [-0.05, 0) is 37.4 Å². The molecule has 0 aliphatic heterocycles. The molecule has 0 heterocycles. The zero-order chi connectivity index (χ0) is 11.3. The minimum Gasteiger partial charge on any atom is -0.406 e. The van der Waals surface area contributed by atoms with Crippen molar-refractivity contribution in [2.45, 2.75) is 6.36 Å². The van der Waals surface area contributed by atoms with Crippen LogP contribution in [0.1, 0.15) is 0 Å². The summed E-state index contributed by atoms with van der Waals surface area (Å²) in [5.74, 6) is -0.244. The summed E-state index contributed by atoms with van der Waals surface area (Å²) in [4.78, 5) is 0. The van der Waals surface area contributed by atoms with Crippen LogP contribution in [0.3, 0.4) is 0 Å². The fourth-order valence-corrected chi connectivity index (χ4v) is 0.908. The van der Waals surface area contributed by atoms with E-state index < -0.39 is 6.36 Å². The lowest BCUT2D eigenvalue weighted by Crippen LogP contribution is -2.16. The van der Waals surface area contributed by atoms with Crippen LogP contribution < -0.4 is 10.1 Å². The molecule has 0 spiro atoms. The van der Waals surface area contributed by atoms with Gasteiger partial charge in [0, 0.05) is 5.69 Å². The first-order valence-corrected chi connectivity index (χ1v) is 4.08. The highest BCUT2D eigenvalue weighted by molar-refractivity contribution is 5.48. The molecular formula is C10H9F3NO. The molecule has 1 aromatic carbocycles. The first kappa shape index (κ1) is 11.4. The van der Waals surface area contributed by atoms with Gasteiger partial charge in [0.15, 0.2) is 0 Å². The van der Waals surface area contributed by atoms with Gasteiger partial charge in [-0.25, -0.2) is 0 Å². The van der Waals surface area contributed by atoms with Crippen LogP contribution in [0.4, 0.5) is 18.9 Å². The smallest absolute Gasteiger partial charge is 0.406 e. The Balaban J connectivity index is 2.64. The summed E-state index contributed by atoms with van der Waals surface area (Å²) in [6.07, 6.45) is -1.55. The van der Waals surface area contributed by atoms with Crippen molar-refractivity contribution in [3.8, 4) is 5.75 Å². The van der Waals surface area contributed by atoms with Gasteiger partial charge in [-0.3, -0.25) is 0 Å². The number of ether oxygens (including phenoxy) is 1. The minimum absolute atomic E-state index is 0.244. The predicted molar refractivity (Wildman–Crippen MR) is 51.2 cm³/mol. The van der Waals surface area contributed by atoms with Crippen LogP contribution in [-0.2, 0) is 0 Å². The van der Waals surface area contributed by atoms with Gasteiger partial charge in [0.25, 0.3) is 0 Å².